The third kappa shape index (κ3) is 1.78. The molecule has 1 nitrogen and oxygen atoms in total. The van der Waals surface area contributed by atoms with E-state index >= 15 is 0 Å². The summed E-state index contributed by atoms with van der Waals surface area (Å²) in [6.45, 7) is 7.97. The molecule has 2 aromatic rings. The lowest BCUT2D eigenvalue weighted by Crippen LogP contribution is -2.07. The second-order valence-electron chi connectivity index (χ2n) is 3.91. The first-order chi connectivity index (χ1) is 8.27. The average Bonchev–Trinajstić information content (AvgIpc) is 2.38. The van der Waals surface area contributed by atoms with E-state index in [1.165, 1.54) is 0 Å². The molecule has 17 heavy (non-hydrogen) atoms. The van der Waals surface area contributed by atoms with Crippen LogP contribution in [0.15, 0.2) is 43.0 Å². The van der Waals surface area contributed by atoms with Gasteiger partial charge in [0, 0.05) is 12.0 Å². The Morgan fingerprint density at radius 2 is 1.59 bits per heavy atom. The Balaban J connectivity index is 0.000000514. The summed E-state index contributed by atoms with van der Waals surface area (Å²) in [4.78, 5) is 11.8. The normalized spacial score (nSPS) is 13.3. The van der Waals surface area contributed by atoms with E-state index in [0.29, 0.717) is 6.42 Å². The molecule has 0 unspecified atom stereocenters. The summed E-state index contributed by atoms with van der Waals surface area (Å²) in [6.07, 6.45) is 0.454. The van der Waals surface area contributed by atoms with E-state index in [1.807, 2.05) is 50.2 Å². The van der Waals surface area contributed by atoms with Crippen LogP contribution in [0.2, 0.25) is 0 Å². The van der Waals surface area contributed by atoms with Crippen molar-refractivity contribution in [3.05, 3.63) is 54.1 Å². The largest absolute Gasteiger partial charge is 0.294 e. The predicted octanol–water partition coefficient (Wildman–Crippen LogP) is 4.47. The van der Waals surface area contributed by atoms with E-state index in [4.69, 9.17) is 0 Å². The molecule has 1 aliphatic carbocycles. The number of hydrogen-bond donors (Lipinski definition) is 0. The molecule has 0 aromatic heterocycles. The van der Waals surface area contributed by atoms with Crippen molar-refractivity contribution in [3.63, 3.8) is 0 Å². The second-order valence-corrected chi connectivity index (χ2v) is 3.91. The van der Waals surface area contributed by atoms with Gasteiger partial charge in [-0.2, -0.15) is 0 Å². The molecule has 0 saturated carbocycles. The SMILES string of the molecule is C=C1CC(=O)c2cccc3cccc1c23.CC. The van der Waals surface area contributed by atoms with Gasteiger partial charge >= 0.3 is 0 Å². The summed E-state index contributed by atoms with van der Waals surface area (Å²) in [5.74, 6) is 0.185. The minimum Gasteiger partial charge on any atom is -0.294 e. The van der Waals surface area contributed by atoms with Crippen LogP contribution in [0, 0.1) is 0 Å². The zero-order chi connectivity index (χ0) is 12.4. The second kappa shape index (κ2) is 4.54. The summed E-state index contributed by atoms with van der Waals surface area (Å²) in [6, 6.07) is 12.0. The van der Waals surface area contributed by atoms with Crippen molar-refractivity contribution in [1.82, 2.24) is 0 Å². The Morgan fingerprint density at radius 3 is 2.24 bits per heavy atom. The molecule has 2 aromatic carbocycles. The van der Waals surface area contributed by atoms with Crippen LogP contribution in [-0.2, 0) is 0 Å². The lowest BCUT2D eigenvalue weighted by atomic mass is 9.85. The molecule has 0 atom stereocenters. The van der Waals surface area contributed by atoms with E-state index < -0.39 is 0 Å². The van der Waals surface area contributed by atoms with Gasteiger partial charge < -0.3 is 0 Å². The molecule has 86 valence electrons. The molecular formula is C16H16O. The first kappa shape index (κ1) is 11.6. The van der Waals surface area contributed by atoms with Crippen LogP contribution >= 0.6 is 0 Å². The van der Waals surface area contributed by atoms with E-state index in [2.05, 4.69) is 6.58 Å². The molecule has 1 aliphatic rings. The Morgan fingerprint density at radius 1 is 1.00 bits per heavy atom. The highest BCUT2D eigenvalue weighted by Crippen LogP contribution is 2.34. The number of allylic oxidation sites excluding steroid dienone is 1. The van der Waals surface area contributed by atoms with Crippen LogP contribution < -0.4 is 0 Å². The smallest absolute Gasteiger partial charge is 0.167 e. The number of Topliss-reactive ketones (excluding diaryl/α,β-unsaturated/α-hetero) is 1. The molecule has 3 rings (SSSR count). The van der Waals surface area contributed by atoms with E-state index in [1.54, 1.807) is 0 Å². The van der Waals surface area contributed by atoms with Crippen molar-refractivity contribution in [2.75, 3.05) is 0 Å². The molecule has 0 spiro atoms. The average molecular weight is 224 g/mol. The molecule has 0 amide bonds. The zero-order valence-electron chi connectivity index (χ0n) is 10.3. The van der Waals surface area contributed by atoms with Crippen molar-refractivity contribution in [2.45, 2.75) is 20.3 Å². The highest BCUT2D eigenvalue weighted by atomic mass is 16.1. The molecule has 0 aliphatic heterocycles. The number of benzene rings is 2. The van der Waals surface area contributed by atoms with Crippen LogP contribution in [0.1, 0.15) is 36.2 Å². The first-order valence-electron chi connectivity index (χ1n) is 6.00. The molecule has 0 saturated heterocycles. The quantitative estimate of drug-likeness (QED) is 0.645. The fourth-order valence-corrected chi connectivity index (χ4v) is 2.25. The summed E-state index contributed by atoms with van der Waals surface area (Å²) in [5, 5.41) is 2.19. The van der Waals surface area contributed by atoms with Gasteiger partial charge in [0.2, 0.25) is 0 Å². The number of hydrogen-bond acceptors (Lipinski definition) is 1. The summed E-state index contributed by atoms with van der Waals surface area (Å²) >= 11 is 0. The number of rotatable bonds is 0. The molecule has 0 bridgehead atoms. The minimum atomic E-state index is 0.185. The monoisotopic (exact) mass is 224 g/mol. The van der Waals surface area contributed by atoms with Gasteiger partial charge in [-0.15, -0.1) is 0 Å². The molecule has 0 fully saturated rings. The number of carbonyl (C=O) groups excluding carboxylic acids is 1. The highest BCUT2D eigenvalue weighted by molar-refractivity contribution is 6.18. The van der Waals surface area contributed by atoms with Crippen molar-refractivity contribution in [3.8, 4) is 0 Å². The van der Waals surface area contributed by atoms with Crippen molar-refractivity contribution in [2.24, 2.45) is 0 Å². The highest BCUT2D eigenvalue weighted by Gasteiger charge is 2.20. The maximum absolute atomic E-state index is 11.8. The third-order valence-corrected chi connectivity index (χ3v) is 2.96. The Kier molecular flexibility index (Phi) is 3.10. The maximum atomic E-state index is 11.8. The Labute approximate surface area is 102 Å². The molecule has 0 heterocycles. The van der Waals surface area contributed by atoms with E-state index in [0.717, 1.165) is 27.5 Å². The fourth-order valence-electron chi connectivity index (χ4n) is 2.25. The van der Waals surface area contributed by atoms with Gasteiger partial charge in [0.05, 0.1) is 0 Å². The van der Waals surface area contributed by atoms with Gasteiger partial charge in [-0.25, -0.2) is 0 Å². The standard InChI is InChI=1S/C14H10O.C2H6/c1-9-8-13(15)12-7-3-5-10-4-2-6-11(9)14(10)12;1-2/h2-7H,1,8H2;1-2H3. The lowest BCUT2D eigenvalue weighted by Gasteiger charge is -2.17. The van der Waals surface area contributed by atoms with Gasteiger partial charge in [-0.05, 0) is 21.9 Å². The van der Waals surface area contributed by atoms with E-state index in [-0.39, 0.29) is 5.78 Å². The van der Waals surface area contributed by atoms with Crippen LogP contribution in [0.3, 0.4) is 0 Å². The number of carbonyl (C=O) groups is 1. The van der Waals surface area contributed by atoms with Crippen molar-refractivity contribution in [1.29, 1.82) is 0 Å². The van der Waals surface area contributed by atoms with Crippen LogP contribution in [0.25, 0.3) is 16.3 Å². The predicted molar refractivity (Wildman–Crippen MR) is 73.3 cm³/mol. The Bertz CT molecular complexity index is 545. The van der Waals surface area contributed by atoms with Crippen LogP contribution in [0.4, 0.5) is 0 Å². The number of ketones is 1. The fraction of sp³-hybridized carbons (Fsp3) is 0.188. The van der Waals surface area contributed by atoms with Gasteiger partial charge in [0.25, 0.3) is 0 Å². The molecule has 0 radical (unpaired) electrons. The van der Waals surface area contributed by atoms with Gasteiger partial charge in [-0.3, -0.25) is 4.79 Å². The van der Waals surface area contributed by atoms with Gasteiger partial charge in [0.15, 0.2) is 5.78 Å². The van der Waals surface area contributed by atoms with Crippen molar-refractivity contribution < 1.29 is 4.79 Å². The summed E-state index contributed by atoms with van der Waals surface area (Å²) in [7, 11) is 0. The third-order valence-electron chi connectivity index (χ3n) is 2.96. The van der Waals surface area contributed by atoms with Gasteiger partial charge in [0.1, 0.15) is 0 Å². The Hall–Kier alpha value is -1.89. The molecular weight excluding hydrogens is 208 g/mol. The zero-order valence-corrected chi connectivity index (χ0v) is 10.3. The van der Waals surface area contributed by atoms with Gasteiger partial charge in [-0.1, -0.05) is 56.8 Å². The summed E-state index contributed by atoms with van der Waals surface area (Å²) in [5.41, 5.74) is 2.91. The minimum absolute atomic E-state index is 0.185. The topological polar surface area (TPSA) is 17.1 Å². The van der Waals surface area contributed by atoms with Crippen LogP contribution in [-0.4, -0.2) is 5.78 Å². The lowest BCUT2D eigenvalue weighted by molar-refractivity contribution is 0.0998. The molecule has 0 N–H and O–H groups in total. The molecule has 1 heteroatoms. The van der Waals surface area contributed by atoms with Crippen molar-refractivity contribution >= 4 is 22.1 Å². The van der Waals surface area contributed by atoms with E-state index in [9.17, 15) is 4.79 Å². The summed E-state index contributed by atoms with van der Waals surface area (Å²) < 4.78 is 0. The van der Waals surface area contributed by atoms with Crippen LogP contribution in [0.5, 0.6) is 0 Å². The maximum Gasteiger partial charge on any atom is 0.167 e. The first-order valence-corrected chi connectivity index (χ1v) is 6.00.